The third kappa shape index (κ3) is 6.17. The smallest absolute Gasteiger partial charge is 0.119 e. The molecular weight excluding hydrogens is 472 g/mol. The van der Waals surface area contributed by atoms with Crippen LogP contribution in [0.3, 0.4) is 0 Å². The molecule has 0 unspecified atom stereocenters. The number of hydrogen-bond acceptors (Lipinski definition) is 6. The Labute approximate surface area is 222 Å². The van der Waals surface area contributed by atoms with Crippen molar-refractivity contribution in [2.24, 2.45) is 20.5 Å². The quantitative estimate of drug-likeness (QED) is 0.200. The lowest BCUT2D eigenvalue weighted by atomic mass is 10.00. The van der Waals surface area contributed by atoms with Gasteiger partial charge in [0.25, 0.3) is 0 Å². The highest BCUT2D eigenvalue weighted by Gasteiger charge is 2.02. The number of hydrogen-bond donors (Lipinski definition) is 0. The van der Waals surface area contributed by atoms with Gasteiger partial charge < -0.3 is 9.47 Å². The van der Waals surface area contributed by atoms with Crippen molar-refractivity contribution in [1.29, 1.82) is 0 Å². The van der Waals surface area contributed by atoms with E-state index in [1.807, 2.05) is 72.8 Å². The molecule has 0 radical (unpaired) electrons. The summed E-state index contributed by atoms with van der Waals surface area (Å²) < 4.78 is 10.3. The number of benzene rings is 5. The minimum absolute atomic E-state index is 0.777. The molecule has 6 nitrogen and oxygen atoms in total. The van der Waals surface area contributed by atoms with Gasteiger partial charge in [0.05, 0.1) is 37.0 Å². The summed E-state index contributed by atoms with van der Waals surface area (Å²) in [6.45, 7) is 0. The molecule has 0 heterocycles. The molecule has 0 aliphatic carbocycles. The molecule has 0 spiro atoms. The van der Waals surface area contributed by atoms with Gasteiger partial charge in [-0.1, -0.05) is 48.5 Å². The molecule has 0 N–H and O–H groups in total. The molecule has 0 aliphatic heterocycles. The first-order chi connectivity index (χ1) is 18.7. The van der Waals surface area contributed by atoms with Crippen molar-refractivity contribution in [1.82, 2.24) is 0 Å². The molecule has 0 bridgehead atoms. The van der Waals surface area contributed by atoms with Gasteiger partial charge in [-0.05, 0) is 95.1 Å². The molecule has 0 saturated carbocycles. The second-order valence-electron chi connectivity index (χ2n) is 8.47. The van der Waals surface area contributed by atoms with E-state index in [2.05, 4.69) is 69.0 Å². The van der Waals surface area contributed by atoms with Gasteiger partial charge in [-0.15, -0.1) is 0 Å². The second-order valence-corrected chi connectivity index (χ2v) is 8.47. The van der Waals surface area contributed by atoms with Crippen LogP contribution in [0.15, 0.2) is 142 Å². The van der Waals surface area contributed by atoms with Crippen molar-refractivity contribution in [2.75, 3.05) is 14.2 Å². The Morgan fingerprint density at radius 3 is 0.763 bits per heavy atom. The van der Waals surface area contributed by atoms with Crippen LogP contribution >= 0.6 is 0 Å². The highest BCUT2D eigenvalue weighted by Crippen LogP contribution is 2.29. The fraction of sp³-hybridized carbons (Fsp3) is 0.0625. The highest BCUT2D eigenvalue weighted by atomic mass is 16.5. The second kappa shape index (κ2) is 11.8. The number of nitrogens with zero attached hydrogens (tertiary/aromatic N) is 4. The Balaban J connectivity index is 1.22. The summed E-state index contributed by atoms with van der Waals surface area (Å²) in [7, 11) is 3.28. The third-order valence-electron chi connectivity index (χ3n) is 5.99. The Morgan fingerprint density at radius 1 is 0.316 bits per heavy atom. The van der Waals surface area contributed by atoms with Crippen molar-refractivity contribution >= 4 is 22.7 Å². The predicted molar refractivity (Wildman–Crippen MR) is 152 cm³/mol. The molecule has 0 saturated heterocycles. The van der Waals surface area contributed by atoms with E-state index >= 15 is 0 Å². The molecule has 0 atom stereocenters. The number of rotatable bonds is 8. The van der Waals surface area contributed by atoms with Crippen molar-refractivity contribution in [2.45, 2.75) is 0 Å². The minimum Gasteiger partial charge on any atom is -0.497 e. The molecular formula is C32H26N4O2. The van der Waals surface area contributed by atoms with E-state index in [-0.39, 0.29) is 0 Å². The number of azo groups is 2. The zero-order chi connectivity index (χ0) is 26.2. The first-order valence-electron chi connectivity index (χ1n) is 12.1. The summed E-state index contributed by atoms with van der Waals surface area (Å²) in [5, 5.41) is 17.2. The Bertz CT molecular complexity index is 1400. The van der Waals surface area contributed by atoms with Crippen LogP contribution < -0.4 is 9.47 Å². The normalized spacial score (nSPS) is 11.2. The van der Waals surface area contributed by atoms with Gasteiger partial charge in [0.1, 0.15) is 11.5 Å². The monoisotopic (exact) mass is 498 g/mol. The van der Waals surface area contributed by atoms with E-state index in [4.69, 9.17) is 9.47 Å². The average Bonchev–Trinajstić information content (AvgIpc) is 3.00. The van der Waals surface area contributed by atoms with E-state index < -0.39 is 0 Å². The summed E-state index contributed by atoms with van der Waals surface area (Å²) >= 11 is 0. The van der Waals surface area contributed by atoms with E-state index in [0.29, 0.717) is 0 Å². The highest BCUT2D eigenvalue weighted by molar-refractivity contribution is 5.71. The van der Waals surface area contributed by atoms with Crippen molar-refractivity contribution in [3.8, 4) is 33.8 Å². The first kappa shape index (κ1) is 24.6. The average molecular weight is 499 g/mol. The van der Waals surface area contributed by atoms with Gasteiger partial charge >= 0.3 is 0 Å². The van der Waals surface area contributed by atoms with Crippen LogP contribution in [0.25, 0.3) is 22.3 Å². The maximum Gasteiger partial charge on any atom is 0.119 e. The molecule has 0 amide bonds. The molecule has 0 aliphatic rings. The van der Waals surface area contributed by atoms with Crippen LogP contribution in [-0.4, -0.2) is 14.2 Å². The molecule has 5 aromatic carbocycles. The molecule has 5 aromatic rings. The zero-order valence-electron chi connectivity index (χ0n) is 21.2. The lowest BCUT2D eigenvalue weighted by Gasteiger charge is -2.06. The Hall–Kier alpha value is -5.10. The topological polar surface area (TPSA) is 67.9 Å². The molecule has 5 rings (SSSR count). The largest absolute Gasteiger partial charge is 0.497 e. The lowest BCUT2D eigenvalue weighted by Crippen LogP contribution is -1.80. The SMILES string of the molecule is COc1ccc(N=Nc2ccc(-c3ccc(-c4ccc(N=Nc5ccc(OC)cc5)cc4)cc3)cc2)cc1. The zero-order valence-corrected chi connectivity index (χ0v) is 21.2. The van der Waals surface area contributed by atoms with Crippen molar-refractivity contribution < 1.29 is 9.47 Å². The fourth-order valence-corrected chi connectivity index (χ4v) is 3.82. The van der Waals surface area contributed by atoms with Crippen LogP contribution in [0.4, 0.5) is 22.7 Å². The maximum atomic E-state index is 5.17. The van der Waals surface area contributed by atoms with Gasteiger partial charge in [-0.3, -0.25) is 0 Å². The standard InChI is InChI=1S/C32H26N4O2/c1-37-31-19-15-29(16-20-31)35-33-27-11-7-25(8-12-27)23-3-5-24(6-4-23)26-9-13-28(14-10-26)34-36-30-17-21-32(38-2)22-18-30/h3-22H,1-2H3. The lowest BCUT2D eigenvalue weighted by molar-refractivity contribution is 0.414. The van der Waals surface area contributed by atoms with Gasteiger partial charge in [-0.2, -0.15) is 20.5 Å². The first-order valence-corrected chi connectivity index (χ1v) is 12.1. The Kier molecular flexibility index (Phi) is 7.61. The van der Waals surface area contributed by atoms with Gasteiger partial charge in [0.15, 0.2) is 0 Å². The van der Waals surface area contributed by atoms with E-state index in [1.54, 1.807) is 14.2 Å². The van der Waals surface area contributed by atoms with E-state index in [9.17, 15) is 0 Å². The molecule has 186 valence electrons. The summed E-state index contributed by atoms with van der Waals surface area (Å²) in [5.41, 5.74) is 7.66. The minimum atomic E-state index is 0.777. The fourth-order valence-electron chi connectivity index (χ4n) is 3.82. The molecule has 38 heavy (non-hydrogen) atoms. The van der Waals surface area contributed by atoms with Crippen LogP contribution in [-0.2, 0) is 0 Å². The summed E-state index contributed by atoms with van der Waals surface area (Å²) in [6, 6.07) is 39.6. The van der Waals surface area contributed by atoms with Crippen LogP contribution in [0.5, 0.6) is 11.5 Å². The van der Waals surface area contributed by atoms with Crippen LogP contribution in [0.1, 0.15) is 0 Å². The number of methoxy groups -OCH3 is 2. The van der Waals surface area contributed by atoms with Gasteiger partial charge in [0, 0.05) is 0 Å². The number of ether oxygens (including phenoxy) is 2. The van der Waals surface area contributed by atoms with Gasteiger partial charge in [0.2, 0.25) is 0 Å². The Morgan fingerprint density at radius 2 is 0.526 bits per heavy atom. The molecule has 0 fully saturated rings. The molecule has 0 aromatic heterocycles. The predicted octanol–water partition coefficient (Wildman–Crippen LogP) is 9.87. The van der Waals surface area contributed by atoms with Crippen LogP contribution in [0.2, 0.25) is 0 Å². The summed E-state index contributed by atoms with van der Waals surface area (Å²) in [5.74, 6) is 1.59. The van der Waals surface area contributed by atoms with E-state index in [0.717, 1.165) is 56.5 Å². The molecule has 6 heteroatoms. The van der Waals surface area contributed by atoms with E-state index in [1.165, 1.54) is 0 Å². The summed E-state index contributed by atoms with van der Waals surface area (Å²) in [6.07, 6.45) is 0. The van der Waals surface area contributed by atoms with Gasteiger partial charge in [-0.25, -0.2) is 0 Å². The van der Waals surface area contributed by atoms with Crippen molar-refractivity contribution in [3.05, 3.63) is 121 Å². The van der Waals surface area contributed by atoms with Crippen LogP contribution in [0, 0.1) is 0 Å². The summed E-state index contributed by atoms with van der Waals surface area (Å²) in [4.78, 5) is 0. The third-order valence-corrected chi connectivity index (χ3v) is 5.99. The van der Waals surface area contributed by atoms with Crippen molar-refractivity contribution in [3.63, 3.8) is 0 Å². The maximum absolute atomic E-state index is 5.17.